The monoisotopic (exact) mass is 1360 g/mol. The van der Waals surface area contributed by atoms with Gasteiger partial charge in [0.05, 0.1) is 105 Å². The first-order valence-electron chi connectivity index (χ1n) is 38.1. The third-order valence-electron chi connectivity index (χ3n) is 23.1. The number of hydrogen-bond acceptors (Lipinski definition) is 17. The Bertz CT molecular complexity index is 3710. The van der Waals surface area contributed by atoms with E-state index in [0.717, 1.165) is 154 Å². The van der Waals surface area contributed by atoms with Gasteiger partial charge in [-0.15, -0.1) is 30.6 Å². The Kier molecular flexibility index (Phi) is 18.7. The first-order valence-corrected chi connectivity index (χ1v) is 38.1. The fourth-order valence-corrected chi connectivity index (χ4v) is 18.1. The van der Waals surface area contributed by atoms with Crippen LogP contribution in [-0.2, 0) is 39.3 Å². The highest BCUT2D eigenvalue weighted by molar-refractivity contribution is 5.97. The second kappa shape index (κ2) is 29.1. The summed E-state index contributed by atoms with van der Waals surface area (Å²) in [5, 5.41) is 58.2. The number of hydrogen-bond donors (Lipinski definition) is 0. The molecule has 9 aliphatic rings. The lowest BCUT2D eigenvalue weighted by Gasteiger charge is -2.42. The van der Waals surface area contributed by atoms with Crippen LogP contribution in [0.1, 0.15) is 258 Å². The van der Waals surface area contributed by atoms with Gasteiger partial charge in [0.25, 0.3) is 17.7 Å². The van der Waals surface area contributed by atoms with Crippen LogP contribution >= 0.6 is 0 Å². The van der Waals surface area contributed by atoms with E-state index in [4.69, 9.17) is 61.9 Å². The molecule has 0 spiro atoms. The highest BCUT2D eigenvalue weighted by atomic mass is 16.2. The number of aromatic nitrogens is 18. The minimum Gasteiger partial charge on any atom is -0.333 e. The van der Waals surface area contributed by atoms with E-state index in [1.165, 1.54) is 38.5 Å². The Balaban J connectivity index is 0.805. The number of amides is 3. The summed E-state index contributed by atoms with van der Waals surface area (Å²) in [4.78, 5) is 57.9. The molecule has 0 N–H and O–H groups in total. The largest absolute Gasteiger partial charge is 0.333 e. The molecule has 6 aliphatic carbocycles. The molecule has 0 saturated heterocycles. The van der Waals surface area contributed by atoms with Gasteiger partial charge in [0, 0.05) is 92.2 Å². The zero-order chi connectivity index (χ0) is 67.8. The second-order valence-corrected chi connectivity index (χ2v) is 30.3. The van der Waals surface area contributed by atoms with Gasteiger partial charge in [0.1, 0.15) is 0 Å². The molecule has 101 heavy (non-hydrogen) atoms. The number of carbonyl (C=O) groups excluding carboxylic acids is 3. The van der Waals surface area contributed by atoms with Crippen molar-refractivity contribution >= 4 is 17.7 Å². The van der Waals surface area contributed by atoms with Crippen molar-refractivity contribution in [2.45, 2.75) is 268 Å². The standard InChI is InChI=1S/C75H93N23O3/c99-73(96(61-19-7-1-8-20-61)62-21-9-2-10-22-62)52-31-67-37-68(32-52)91-47-56(77-83-91)41-89-43-58-49-93(85-79-58)70-34-53(74(100)97(63-23-11-3-12-24-63)64-25-13-4-14-26-64)33-69(38-70)92-48-57(78-84-92)42-88(40-55-46-90(67)82-76-55)44-59-50-94(86-80-59)71-35-54(36-72(39-71)95-51-60(45-89)81-87-95)75(101)98(65-27-15-5-16-28-65)66-29-17-6-18-30-66/h31-39,46-51,61-66H,1-30,40-45H2. The van der Waals surface area contributed by atoms with E-state index in [1.807, 2.05) is 91.8 Å². The van der Waals surface area contributed by atoms with Crippen LogP contribution in [0.25, 0.3) is 34.1 Å². The predicted molar refractivity (Wildman–Crippen MR) is 374 cm³/mol. The lowest BCUT2D eigenvalue weighted by atomic mass is 9.88. The molecule has 9 heterocycles. The Hall–Kier alpha value is -9.17. The summed E-state index contributed by atoms with van der Waals surface area (Å²) < 4.78 is 10.5. The summed E-state index contributed by atoms with van der Waals surface area (Å²) in [6.45, 7) is 1.79. The molecule has 3 amide bonds. The zero-order valence-electron chi connectivity index (χ0n) is 58.1. The molecule has 20 bridgehead atoms. The maximum absolute atomic E-state index is 15.6. The average molecular weight is 1360 g/mol. The lowest BCUT2D eigenvalue weighted by molar-refractivity contribution is 0.0441. The van der Waals surface area contributed by atoms with Crippen LogP contribution in [-0.4, -0.2) is 168 Å². The topological polar surface area (TPSA) is 252 Å². The van der Waals surface area contributed by atoms with Crippen molar-refractivity contribution in [3.05, 3.63) is 143 Å². The average Bonchev–Trinajstić information content (AvgIpc) is 1.31. The van der Waals surface area contributed by atoms with E-state index in [0.29, 0.717) is 124 Å². The summed E-state index contributed by atoms with van der Waals surface area (Å²) in [6, 6.07) is 18.8. The summed E-state index contributed by atoms with van der Waals surface area (Å²) in [5.41, 5.74) is 9.59. The van der Waals surface area contributed by atoms with Crippen molar-refractivity contribution in [3.63, 3.8) is 0 Å². The van der Waals surface area contributed by atoms with Crippen molar-refractivity contribution in [2.75, 3.05) is 0 Å². The highest BCUT2D eigenvalue weighted by Crippen LogP contribution is 2.37. The van der Waals surface area contributed by atoms with Gasteiger partial charge < -0.3 is 14.7 Å². The molecule has 26 heteroatoms. The van der Waals surface area contributed by atoms with E-state index >= 15 is 14.4 Å². The van der Waals surface area contributed by atoms with E-state index in [9.17, 15) is 0 Å². The molecular weight excluding hydrogens is 1270 g/mol. The van der Waals surface area contributed by atoms with Crippen molar-refractivity contribution in [1.82, 2.24) is 114 Å². The van der Waals surface area contributed by atoms with E-state index < -0.39 is 0 Å². The van der Waals surface area contributed by atoms with Gasteiger partial charge >= 0.3 is 0 Å². The van der Waals surface area contributed by atoms with E-state index in [1.54, 1.807) is 28.1 Å². The maximum Gasteiger partial charge on any atom is 0.254 e. The van der Waals surface area contributed by atoms with Gasteiger partial charge in [-0.1, -0.05) is 147 Å². The molecule has 3 aliphatic heterocycles. The van der Waals surface area contributed by atoms with Gasteiger partial charge in [0.2, 0.25) is 0 Å². The molecule has 526 valence electrons. The predicted octanol–water partition coefficient (Wildman–Crippen LogP) is 11.5. The maximum atomic E-state index is 15.6. The Labute approximate surface area is 588 Å². The summed E-state index contributed by atoms with van der Waals surface area (Å²) in [7, 11) is 0. The van der Waals surface area contributed by atoms with Crippen LogP contribution in [0.4, 0.5) is 0 Å². The number of nitrogens with zero attached hydrogens (tertiary/aromatic N) is 23. The van der Waals surface area contributed by atoms with Crippen LogP contribution in [0.3, 0.4) is 0 Å². The van der Waals surface area contributed by atoms with Gasteiger partial charge in [-0.2, -0.15) is 0 Å². The van der Waals surface area contributed by atoms with Crippen LogP contribution in [0.2, 0.25) is 0 Å². The molecule has 3 aromatic carbocycles. The molecule has 0 unspecified atom stereocenters. The number of carbonyl (C=O) groups is 3. The minimum absolute atomic E-state index is 0.0260. The molecule has 6 aromatic heterocycles. The van der Waals surface area contributed by atoms with E-state index in [2.05, 4.69) is 24.5 Å². The number of rotatable bonds is 9. The van der Waals surface area contributed by atoms with Gasteiger partial charge in [-0.3, -0.25) is 24.2 Å². The smallest absolute Gasteiger partial charge is 0.254 e. The molecule has 9 aromatic rings. The normalized spacial score (nSPS) is 20.9. The van der Waals surface area contributed by atoms with Crippen molar-refractivity contribution < 1.29 is 14.4 Å². The molecule has 26 nitrogen and oxygen atoms in total. The van der Waals surface area contributed by atoms with Crippen LogP contribution in [0.5, 0.6) is 0 Å². The van der Waals surface area contributed by atoms with Crippen molar-refractivity contribution in [3.8, 4) is 34.1 Å². The van der Waals surface area contributed by atoms with E-state index in [-0.39, 0.29) is 54.0 Å². The summed E-state index contributed by atoms with van der Waals surface area (Å²) in [5.74, 6) is 0.0781. The van der Waals surface area contributed by atoms with Gasteiger partial charge in [0.15, 0.2) is 0 Å². The van der Waals surface area contributed by atoms with Gasteiger partial charge in [-0.25, -0.2) is 28.1 Å². The third kappa shape index (κ3) is 14.2. The first kappa shape index (κ1) is 65.2. The Morgan fingerprint density at radius 2 is 0.416 bits per heavy atom. The third-order valence-corrected chi connectivity index (χ3v) is 23.1. The molecule has 0 radical (unpaired) electrons. The molecule has 0 atom stereocenters. The zero-order valence-corrected chi connectivity index (χ0v) is 58.1. The molecule has 6 saturated carbocycles. The van der Waals surface area contributed by atoms with Crippen LogP contribution < -0.4 is 0 Å². The molecule has 18 rings (SSSR count). The van der Waals surface area contributed by atoms with Crippen molar-refractivity contribution in [1.29, 1.82) is 0 Å². The van der Waals surface area contributed by atoms with Crippen LogP contribution in [0.15, 0.2) is 91.8 Å². The fourth-order valence-electron chi connectivity index (χ4n) is 18.1. The Morgan fingerprint density at radius 1 is 0.248 bits per heavy atom. The summed E-state index contributed by atoms with van der Waals surface area (Å²) >= 11 is 0. The molecule has 6 fully saturated rings. The SMILES string of the molecule is O=C(c1cc2cc(c1)-n1cc(nn1)CN1Cc3cn(nn3)-c3cc(C(=O)N(C4CCCCC4)C4CCCCC4)cc(c3)-n3cc(nn3)CN(Cc3cn-2nn3)Cc2cn(nn2)-c2cc(C(=O)N(C3CCCCC3)C3CCCCC3)cc(c2)-n2cc(nn2)C1)N(C1CCCCC1)C1CCCCC1. The minimum atomic E-state index is 0.0260. The highest BCUT2D eigenvalue weighted by Gasteiger charge is 2.38. The van der Waals surface area contributed by atoms with Gasteiger partial charge in [-0.05, 0) is 132 Å². The second-order valence-electron chi connectivity index (χ2n) is 30.3. The number of benzene rings is 3. The van der Waals surface area contributed by atoms with Crippen LogP contribution in [0, 0.1) is 0 Å². The Morgan fingerprint density at radius 3 is 0.584 bits per heavy atom. The lowest BCUT2D eigenvalue weighted by Crippen LogP contribution is -2.48. The van der Waals surface area contributed by atoms with Crippen molar-refractivity contribution in [2.24, 2.45) is 0 Å². The summed E-state index contributed by atoms with van der Waals surface area (Å²) in [6.07, 6.45) is 44.1. The molecular formula is C75H93N23O3. The first-order chi connectivity index (χ1) is 49.7. The quantitative estimate of drug-likeness (QED) is 0.130. The fraction of sp³-hybridized carbons (Fsp3) is 0.560.